The third kappa shape index (κ3) is 7.03. The molecule has 96 valence electrons. The maximum Gasteiger partial charge on any atom is 0.0959 e. The second-order valence-electron chi connectivity index (χ2n) is 5.45. The third-order valence-electron chi connectivity index (χ3n) is 3.36. The van der Waals surface area contributed by atoms with Gasteiger partial charge in [-0.25, -0.2) is 4.39 Å². The molecule has 0 amide bonds. The van der Waals surface area contributed by atoms with Crippen molar-refractivity contribution in [1.29, 1.82) is 0 Å². The quantitative estimate of drug-likeness (QED) is 0.497. The van der Waals surface area contributed by atoms with Gasteiger partial charge in [-0.15, -0.1) is 0 Å². The van der Waals surface area contributed by atoms with Gasteiger partial charge in [0.1, 0.15) is 0 Å². The summed E-state index contributed by atoms with van der Waals surface area (Å²) in [4.78, 5) is 0. The van der Waals surface area contributed by atoms with Gasteiger partial charge in [0, 0.05) is 6.42 Å². The van der Waals surface area contributed by atoms with Gasteiger partial charge in [0.05, 0.1) is 5.83 Å². The molecule has 0 radical (unpaired) electrons. The van der Waals surface area contributed by atoms with E-state index in [9.17, 15) is 4.39 Å². The van der Waals surface area contributed by atoms with Crippen molar-refractivity contribution in [3.05, 3.63) is 11.9 Å². The molecule has 0 heterocycles. The van der Waals surface area contributed by atoms with Crippen molar-refractivity contribution in [2.45, 2.75) is 66.7 Å². The third-order valence-corrected chi connectivity index (χ3v) is 3.36. The Hall–Kier alpha value is -0.330. The van der Waals surface area contributed by atoms with Gasteiger partial charge in [-0.05, 0) is 31.1 Å². The molecule has 0 aromatic heterocycles. The van der Waals surface area contributed by atoms with Gasteiger partial charge in [-0.3, -0.25) is 0 Å². The van der Waals surface area contributed by atoms with Crippen molar-refractivity contribution in [3.8, 4) is 0 Å². The second kappa shape index (κ2) is 8.78. The Morgan fingerprint density at radius 1 is 1.25 bits per heavy atom. The summed E-state index contributed by atoms with van der Waals surface area (Å²) in [5.41, 5.74) is 0. The fourth-order valence-electron chi connectivity index (χ4n) is 2.25. The number of halogens is 1. The summed E-state index contributed by atoms with van der Waals surface area (Å²) in [5.74, 6) is 1.89. The maximum absolute atomic E-state index is 13.4. The molecule has 0 aliphatic heterocycles. The molecule has 0 aromatic carbocycles. The highest BCUT2D eigenvalue weighted by Gasteiger charge is 2.19. The van der Waals surface area contributed by atoms with Crippen LogP contribution in [0.5, 0.6) is 0 Å². The van der Waals surface area contributed by atoms with Crippen molar-refractivity contribution >= 4 is 0 Å². The normalized spacial score (nSPS) is 16.6. The summed E-state index contributed by atoms with van der Waals surface area (Å²) in [6.45, 7) is 10.8. The van der Waals surface area contributed by atoms with E-state index in [4.69, 9.17) is 0 Å². The van der Waals surface area contributed by atoms with E-state index < -0.39 is 0 Å². The molecule has 0 aliphatic carbocycles. The molecular weight excluding hydrogens is 199 g/mol. The van der Waals surface area contributed by atoms with E-state index in [-0.39, 0.29) is 5.83 Å². The molecule has 0 fully saturated rings. The fraction of sp³-hybridized carbons (Fsp3) is 0.867. The minimum absolute atomic E-state index is 0.0639. The van der Waals surface area contributed by atoms with Crippen LogP contribution in [0.4, 0.5) is 4.39 Å². The smallest absolute Gasteiger partial charge is 0.0959 e. The standard InChI is InChI=1S/C15H29F/c1-6-8-9-13(5)14(10-12(3)4)11-15(16)7-2/h7,12-14H,6,8-11H2,1-5H3/b15-7+. The van der Waals surface area contributed by atoms with Crippen LogP contribution in [-0.4, -0.2) is 0 Å². The minimum Gasteiger partial charge on any atom is -0.212 e. The Morgan fingerprint density at radius 2 is 1.88 bits per heavy atom. The second-order valence-corrected chi connectivity index (χ2v) is 5.45. The van der Waals surface area contributed by atoms with Crippen molar-refractivity contribution in [2.24, 2.45) is 17.8 Å². The molecule has 2 atom stereocenters. The molecule has 0 N–H and O–H groups in total. The summed E-state index contributed by atoms with van der Waals surface area (Å²) >= 11 is 0. The van der Waals surface area contributed by atoms with Crippen LogP contribution < -0.4 is 0 Å². The first-order chi connectivity index (χ1) is 7.51. The van der Waals surface area contributed by atoms with Gasteiger partial charge in [0.25, 0.3) is 0 Å². The summed E-state index contributed by atoms with van der Waals surface area (Å²) in [6, 6.07) is 0. The Morgan fingerprint density at radius 3 is 2.31 bits per heavy atom. The van der Waals surface area contributed by atoms with Crippen molar-refractivity contribution < 1.29 is 4.39 Å². The van der Waals surface area contributed by atoms with E-state index in [2.05, 4.69) is 27.7 Å². The Balaban J connectivity index is 4.28. The van der Waals surface area contributed by atoms with Crippen molar-refractivity contribution in [2.75, 3.05) is 0 Å². The maximum atomic E-state index is 13.4. The topological polar surface area (TPSA) is 0 Å². The molecule has 0 rings (SSSR count). The van der Waals surface area contributed by atoms with Crippen LogP contribution in [0.1, 0.15) is 66.7 Å². The number of unbranched alkanes of at least 4 members (excludes halogenated alkanes) is 1. The van der Waals surface area contributed by atoms with Gasteiger partial charge in [0.2, 0.25) is 0 Å². The molecule has 0 aliphatic rings. The lowest BCUT2D eigenvalue weighted by atomic mass is 9.81. The summed E-state index contributed by atoms with van der Waals surface area (Å²) < 4.78 is 13.4. The average molecular weight is 228 g/mol. The minimum atomic E-state index is 0.0639. The lowest BCUT2D eigenvalue weighted by molar-refractivity contribution is 0.265. The average Bonchev–Trinajstić information content (AvgIpc) is 2.24. The number of hydrogen-bond donors (Lipinski definition) is 0. The molecule has 16 heavy (non-hydrogen) atoms. The Kier molecular flexibility index (Phi) is 8.60. The van der Waals surface area contributed by atoms with E-state index in [1.165, 1.54) is 19.3 Å². The van der Waals surface area contributed by atoms with E-state index in [1.807, 2.05) is 0 Å². The number of rotatable bonds is 8. The van der Waals surface area contributed by atoms with Gasteiger partial charge >= 0.3 is 0 Å². The highest BCUT2D eigenvalue weighted by molar-refractivity contribution is 4.91. The molecule has 0 saturated heterocycles. The largest absolute Gasteiger partial charge is 0.212 e. The van der Waals surface area contributed by atoms with Crippen LogP contribution in [0.15, 0.2) is 11.9 Å². The predicted octanol–water partition coefficient (Wildman–Crippen LogP) is 5.74. The molecule has 0 spiro atoms. The fourth-order valence-corrected chi connectivity index (χ4v) is 2.25. The summed E-state index contributed by atoms with van der Waals surface area (Å²) in [7, 11) is 0. The lowest BCUT2D eigenvalue weighted by Crippen LogP contribution is -2.14. The first-order valence-corrected chi connectivity index (χ1v) is 6.81. The van der Waals surface area contributed by atoms with E-state index in [1.54, 1.807) is 13.0 Å². The van der Waals surface area contributed by atoms with Crippen molar-refractivity contribution in [1.82, 2.24) is 0 Å². The predicted molar refractivity (Wildman–Crippen MR) is 71.1 cm³/mol. The Labute approximate surface area is 101 Å². The van der Waals surface area contributed by atoms with Crippen LogP contribution >= 0.6 is 0 Å². The van der Waals surface area contributed by atoms with Crippen molar-refractivity contribution in [3.63, 3.8) is 0 Å². The van der Waals surface area contributed by atoms with E-state index in [0.29, 0.717) is 24.2 Å². The zero-order valence-corrected chi connectivity index (χ0v) is 11.7. The highest BCUT2D eigenvalue weighted by atomic mass is 19.1. The summed E-state index contributed by atoms with van der Waals surface area (Å²) in [5, 5.41) is 0. The van der Waals surface area contributed by atoms with Crippen LogP contribution in [-0.2, 0) is 0 Å². The Bertz CT molecular complexity index is 194. The SMILES string of the molecule is C/C=C(/F)CC(CC(C)C)C(C)CCCC. The van der Waals surface area contributed by atoms with Crippen LogP contribution in [0, 0.1) is 17.8 Å². The molecule has 0 saturated carbocycles. The number of hydrogen-bond acceptors (Lipinski definition) is 0. The van der Waals surface area contributed by atoms with Crippen LogP contribution in [0.25, 0.3) is 0 Å². The van der Waals surface area contributed by atoms with E-state index >= 15 is 0 Å². The highest BCUT2D eigenvalue weighted by Crippen LogP contribution is 2.30. The molecule has 1 heteroatoms. The molecule has 0 bridgehead atoms. The summed E-state index contributed by atoms with van der Waals surface area (Å²) in [6.07, 6.45) is 7.15. The van der Waals surface area contributed by atoms with Gasteiger partial charge in [-0.1, -0.05) is 53.0 Å². The monoisotopic (exact) mass is 228 g/mol. The first-order valence-electron chi connectivity index (χ1n) is 6.81. The lowest BCUT2D eigenvalue weighted by Gasteiger charge is -2.25. The van der Waals surface area contributed by atoms with Crippen LogP contribution in [0.3, 0.4) is 0 Å². The van der Waals surface area contributed by atoms with E-state index in [0.717, 1.165) is 6.42 Å². The molecule has 2 unspecified atom stereocenters. The van der Waals surface area contributed by atoms with Gasteiger partial charge < -0.3 is 0 Å². The molecule has 0 aromatic rings. The van der Waals surface area contributed by atoms with Gasteiger partial charge in [0.15, 0.2) is 0 Å². The first kappa shape index (κ1) is 15.7. The van der Waals surface area contributed by atoms with Gasteiger partial charge in [-0.2, -0.15) is 0 Å². The van der Waals surface area contributed by atoms with Crippen LogP contribution in [0.2, 0.25) is 0 Å². The number of allylic oxidation sites excluding steroid dienone is 2. The molecule has 0 nitrogen and oxygen atoms in total. The zero-order chi connectivity index (χ0) is 12.6. The zero-order valence-electron chi connectivity index (χ0n) is 11.7. The molecular formula is C15H29F.